The van der Waals surface area contributed by atoms with E-state index in [2.05, 4.69) is 10.3 Å². The fourth-order valence-electron chi connectivity index (χ4n) is 2.36. The first-order valence-electron chi connectivity index (χ1n) is 8.15. The number of pyridine rings is 1. The number of aromatic nitrogens is 1. The van der Waals surface area contributed by atoms with Gasteiger partial charge >= 0.3 is 6.18 Å². The van der Waals surface area contributed by atoms with E-state index in [0.717, 1.165) is 12.1 Å². The van der Waals surface area contributed by atoms with Crippen LogP contribution >= 0.6 is 0 Å². The number of hydrogen-bond donors (Lipinski definition) is 2. The summed E-state index contributed by atoms with van der Waals surface area (Å²) in [4.78, 5) is 16.1. The minimum atomic E-state index is -4.40. The smallest absolute Gasteiger partial charge is 0.416 e. The summed E-state index contributed by atoms with van der Waals surface area (Å²) in [5.41, 5.74) is 0.115. The first-order valence-corrected chi connectivity index (χ1v) is 8.15. The number of rotatable bonds is 4. The number of alkyl halides is 3. The fourth-order valence-corrected chi connectivity index (χ4v) is 2.36. The number of anilines is 1. The normalized spacial score (nSPS) is 11.1. The molecule has 0 spiro atoms. The minimum absolute atomic E-state index is 0.0925. The molecule has 0 aliphatic heterocycles. The number of halogens is 3. The SMILES string of the molecule is Cc1ccnc(C(=O)Nc2ccc(Oc3ccc(C(F)(F)F)cc3)cc2)c1O. The highest BCUT2D eigenvalue weighted by Gasteiger charge is 2.30. The van der Waals surface area contributed by atoms with E-state index in [-0.39, 0.29) is 17.2 Å². The fraction of sp³-hybridized carbons (Fsp3) is 0.100. The van der Waals surface area contributed by atoms with Crippen LogP contribution in [0, 0.1) is 6.92 Å². The van der Waals surface area contributed by atoms with Crippen molar-refractivity contribution in [1.82, 2.24) is 4.98 Å². The van der Waals surface area contributed by atoms with Crippen LogP contribution in [0.5, 0.6) is 17.2 Å². The highest BCUT2D eigenvalue weighted by molar-refractivity contribution is 6.04. The summed E-state index contributed by atoms with van der Waals surface area (Å²) in [6, 6.07) is 12.1. The van der Waals surface area contributed by atoms with Crippen molar-refractivity contribution in [2.24, 2.45) is 0 Å². The zero-order chi connectivity index (χ0) is 20.3. The standard InChI is InChI=1S/C20H15F3N2O3/c1-12-10-11-24-17(18(12)26)19(27)25-14-4-8-16(9-5-14)28-15-6-2-13(3-7-15)20(21,22)23/h2-11,26H,1H3,(H,25,27). The summed E-state index contributed by atoms with van der Waals surface area (Å²) >= 11 is 0. The molecule has 3 aromatic rings. The maximum absolute atomic E-state index is 12.6. The molecule has 8 heteroatoms. The van der Waals surface area contributed by atoms with Gasteiger partial charge in [-0.1, -0.05) is 0 Å². The molecule has 0 radical (unpaired) electrons. The highest BCUT2D eigenvalue weighted by Crippen LogP contribution is 2.31. The van der Waals surface area contributed by atoms with Crippen molar-refractivity contribution in [3.05, 3.63) is 77.6 Å². The van der Waals surface area contributed by atoms with Gasteiger partial charge in [0.1, 0.15) is 17.2 Å². The van der Waals surface area contributed by atoms with Crippen molar-refractivity contribution >= 4 is 11.6 Å². The second kappa shape index (κ2) is 7.59. The average molecular weight is 388 g/mol. The molecule has 2 N–H and O–H groups in total. The molecule has 0 fully saturated rings. The minimum Gasteiger partial charge on any atom is -0.505 e. The van der Waals surface area contributed by atoms with Gasteiger partial charge in [-0.05, 0) is 67.1 Å². The largest absolute Gasteiger partial charge is 0.505 e. The number of amides is 1. The topological polar surface area (TPSA) is 71.5 Å². The molecule has 1 aromatic heterocycles. The zero-order valence-electron chi connectivity index (χ0n) is 14.6. The highest BCUT2D eigenvalue weighted by atomic mass is 19.4. The Morgan fingerprint density at radius 2 is 1.57 bits per heavy atom. The van der Waals surface area contributed by atoms with Gasteiger partial charge in [-0.2, -0.15) is 13.2 Å². The van der Waals surface area contributed by atoms with Crippen LogP contribution in [0.4, 0.5) is 18.9 Å². The van der Waals surface area contributed by atoms with Crippen LogP contribution in [0.25, 0.3) is 0 Å². The van der Waals surface area contributed by atoms with Crippen molar-refractivity contribution in [1.29, 1.82) is 0 Å². The van der Waals surface area contributed by atoms with Crippen LogP contribution in [0.3, 0.4) is 0 Å². The van der Waals surface area contributed by atoms with Crippen LogP contribution < -0.4 is 10.1 Å². The van der Waals surface area contributed by atoms with Crippen LogP contribution in [-0.4, -0.2) is 16.0 Å². The molecule has 0 saturated carbocycles. The molecule has 3 rings (SSSR count). The third kappa shape index (κ3) is 4.40. The number of aromatic hydroxyl groups is 1. The Morgan fingerprint density at radius 3 is 2.14 bits per heavy atom. The van der Waals surface area contributed by atoms with E-state index in [4.69, 9.17) is 4.74 Å². The lowest BCUT2D eigenvalue weighted by Gasteiger charge is -2.10. The molecular formula is C20H15F3N2O3. The van der Waals surface area contributed by atoms with Gasteiger partial charge in [-0.25, -0.2) is 4.98 Å². The third-order valence-corrected chi connectivity index (χ3v) is 3.87. The van der Waals surface area contributed by atoms with Gasteiger partial charge in [0, 0.05) is 11.9 Å². The first-order chi connectivity index (χ1) is 13.2. The van der Waals surface area contributed by atoms with Crippen LogP contribution in [0.1, 0.15) is 21.6 Å². The molecule has 1 heterocycles. The van der Waals surface area contributed by atoms with E-state index < -0.39 is 17.6 Å². The van der Waals surface area contributed by atoms with Crippen LogP contribution in [-0.2, 0) is 6.18 Å². The van der Waals surface area contributed by atoms with Gasteiger partial charge in [-0.15, -0.1) is 0 Å². The number of hydrogen-bond acceptors (Lipinski definition) is 4. The van der Waals surface area contributed by atoms with Gasteiger partial charge in [-0.3, -0.25) is 4.79 Å². The summed E-state index contributed by atoms with van der Waals surface area (Å²) in [6.45, 7) is 1.65. The average Bonchev–Trinajstić information content (AvgIpc) is 2.65. The summed E-state index contributed by atoms with van der Waals surface area (Å²) in [5, 5.41) is 12.5. The first kappa shape index (κ1) is 19.2. The molecule has 1 amide bonds. The summed E-state index contributed by atoms with van der Waals surface area (Å²) in [6.07, 6.45) is -2.98. The van der Waals surface area contributed by atoms with Crippen molar-refractivity contribution < 1.29 is 27.8 Å². The molecule has 0 bridgehead atoms. The Kier molecular flexibility index (Phi) is 5.21. The van der Waals surface area contributed by atoms with Crippen molar-refractivity contribution in [3.8, 4) is 17.2 Å². The maximum Gasteiger partial charge on any atom is 0.416 e. The second-order valence-corrected chi connectivity index (χ2v) is 5.93. The number of nitrogens with one attached hydrogen (secondary N) is 1. The zero-order valence-corrected chi connectivity index (χ0v) is 14.6. The Balaban J connectivity index is 1.66. The van der Waals surface area contributed by atoms with Gasteiger partial charge < -0.3 is 15.2 Å². The molecule has 0 atom stereocenters. The second-order valence-electron chi connectivity index (χ2n) is 5.93. The van der Waals surface area contributed by atoms with E-state index in [0.29, 0.717) is 17.0 Å². The van der Waals surface area contributed by atoms with E-state index in [1.54, 1.807) is 37.3 Å². The maximum atomic E-state index is 12.6. The van der Waals surface area contributed by atoms with E-state index in [9.17, 15) is 23.1 Å². The lowest BCUT2D eigenvalue weighted by atomic mass is 10.2. The van der Waals surface area contributed by atoms with Crippen LogP contribution in [0.15, 0.2) is 60.8 Å². The van der Waals surface area contributed by atoms with Gasteiger partial charge in [0.25, 0.3) is 5.91 Å². The molecular weight excluding hydrogens is 373 g/mol. The predicted molar refractivity (Wildman–Crippen MR) is 96.6 cm³/mol. The summed E-state index contributed by atoms with van der Waals surface area (Å²) in [7, 11) is 0. The van der Waals surface area contributed by atoms with E-state index in [1.807, 2.05) is 0 Å². The number of aryl methyl sites for hydroxylation is 1. The Morgan fingerprint density at radius 1 is 1.00 bits per heavy atom. The molecule has 2 aromatic carbocycles. The molecule has 0 unspecified atom stereocenters. The molecule has 0 saturated heterocycles. The molecule has 144 valence electrons. The number of benzene rings is 2. The van der Waals surface area contributed by atoms with Gasteiger partial charge in [0.05, 0.1) is 5.56 Å². The van der Waals surface area contributed by atoms with Gasteiger partial charge in [0.15, 0.2) is 5.69 Å². The molecule has 5 nitrogen and oxygen atoms in total. The van der Waals surface area contributed by atoms with Gasteiger partial charge in [0.2, 0.25) is 0 Å². The van der Waals surface area contributed by atoms with E-state index >= 15 is 0 Å². The lowest BCUT2D eigenvalue weighted by molar-refractivity contribution is -0.137. The lowest BCUT2D eigenvalue weighted by Crippen LogP contribution is -2.14. The predicted octanol–water partition coefficient (Wildman–Crippen LogP) is 5.16. The summed E-state index contributed by atoms with van der Waals surface area (Å²) < 4.78 is 43.2. The monoisotopic (exact) mass is 388 g/mol. The molecule has 28 heavy (non-hydrogen) atoms. The summed E-state index contributed by atoms with van der Waals surface area (Å²) in [5.74, 6) is -0.132. The van der Waals surface area contributed by atoms with E-state index in [1.165, 1.54) is 18.3 Å². The third-order valence-electron chi connectivity index (χ3n) is 3.87. The number of carbonyl (C=O) groups is 1. The Bertz CT molecular complexity index is 985. The number of carbonyl (C=O) groups excluding carboxylic acids is 1. The van der Waals surface area contributed by atoms with Crippen molar-refractivity contribution in [2.75, 3.05) is 5.32 Å². The Labute approximate surface area is 158 Å². The van der Waals surface area contributed by atoms with Crippen molar-refractivity contribution in [2.45, 2.75) is 13.1 Å². The molecule has 0 aliphatic carbocycles. The number of ether oxygens (including phenoxy) is 1. The number of nitrogens with zero attached hydrogens (tertiary/aromatic N) is 1. The van der Waals surface area contributed by atoms with Crippen LogP contribution in [0.2, 0.25) is 0 Å². The van der Waals surface area contributed by atoms with Crippen molar-refractivity contribution in [3.63, 3.8) is 0 Å². The quantitative estimate of drug-likeness (QED) is 0.648. The Hall–Kier alpha value is -3.55. The molecule has 0 aliphatic rings.